The molecule has 1 aromatic heterocycles. The number of aryl methyl sites for hydroxylation is 2. The van der Waals surface area contributed by atoms with Crippen molar-refractivity contribution >= 4 is 17.1 Å². The molecule has 0 saturated carbocycles. The molecule has 0 spiro atoms. The molecule has 0 bridgehead atoms. The van der Waals surface area contributed by atoms with Crippen LogP contribution in [0.15, 0.2) is 51.7 Å². The first kappa shape index (κ1) is 19.5. The quantitative estimate of drug-likeness (QED) is 0.416. The lowest BCUT2D eigenvalue weighted by Gasteiger charge is -2.12. The van der Waals surface area contributed by atoms with Crippen LogP contribution in [0.4, 0.5) is 0 Å². The molecule has 0 saturated heterocycles. The number of esters is 1. The van der Waals surface area contributed by atoms with Gasteiger partial charge in [0, 0.05) is 13.0 Å². The lowest BCUT2D eigenvalue weighted by Crippen LogP contribution is -2.16. The van der Waals surface area contributed by atoms with Crippen molar-refractivity contribution in [3.05, 3.63) is 58.6 Å². The Balaban J connectivity index is 1.48. The van der Waals surface area contributed by atoms with E-state index in [1.807, 2.05) is 36.4 Å². The molecule has 2 aromatic carbocycles. The molecule has 3 aromatic rings. The van der Waals surface area contributed by atoms with Crippen molar-refractivity contribution in [2.75, 3.05) is 20.8 Å². The Morgan fingerprint density at radius 2 is 1.89 bits per heavy atom. The van der Waals surface area contributed by atoms with Gasteiger partial charge in [0.1, 0.15) is 0 Å². The molecule has 0 aliphatic carbocycles. The fourth-order valence-electron chi connectivity index (χ4n) is 3.09. The van der Waals surface area contributed by atoms with Crippen molar-refractivity contribution in [1.29, 1.82) is 0 Å². The molecule has 0 atom stereocenters. The minimum atomic E-state index is -0.405. The van der Waals surface area contributed by atoms with E-state index in [2.05, 4.69) is 0 Å². The van der Waals surface area contributed by atoms with Crippen molar-refractivity contribution < 1.29 is 23.4 Å². The molecular weight excluding hydrogens is 362 g/mol. The van der Waals surface area contributed by atoms with E-state index >= 15 is 0 Å². The summed E-state index contributed by atoms with van der Waals surface area (Å²) < 4.78 is 22.6. The Hall–Kier alpha value is -3.22. The molecule has 0 N–H and O–H groups in total. The Labute approximate surface area is 162 Å². The van der Waals surface area contributed by atoms with Crippen LogP contribution in [-0.2, 0) is 22.5 Å². The summed E-state index contributed by atoms with van der Waals surface area (Å²) in [6, 6.07) is 12.8. The molecular formula is C21H23NO6. The number of hydrogen-bond acceptors (Lipinski definition) is 6. The molecule has 0 radical (unpaired) electrons. The molecule has 7 nitrogen and oxygen atoms in total. The predicted molar refractivity (Wildman–Crippen MR) is 104 cm³/mol. The zero-order valence-electron chi connectivity index (χ0n) is 16.0. The first-order valence-corrected chi connectivity index (χ1v) is 9.08. The number of carbonyl (C=O) groups excluding carboxylic acids is 1. The summed E-state index contributed by atoms with van der Waals surface area (Å²) in [7, 11) is 3.14. The fraction of sp³-hybridized carbons (Fsp3) is 0.333. The molecule has 7 heteroatoms. The molecule has 0 unspecified atom stereocenters. The van der Waals surface area contributed by atoms with Crippen molar-refractivity contribution in [3.63, 3.8) is 0 Å². The number of methoxy groups -OCH3 is 2. The maximum absolute atomic E-state index is 12.0. The molecule has 0 aliphatic heterocycles. The van der Waals surface area contributed by atoms with Crippen LogP contribution in [0, 0.1) is 0 Å². The second-order valence-corrected chi connectivity index (χ2v) is 6.21. The van der Waals surface area contributed by atoms with Crippen LogP contribution in [0.3, 0.4) is 0 Å². The maximum atomic E-state index is 12.0. The minimum Gasteiger partial charge on any atom is -0.493 e. The number of para-hydroxylation sites is 3. The van der Waals surface area contributed by atoms with Gasteiger partial charge in [0.15, 0.2) is 17.1 Å². The first-order chi connectivity index (χ1) is 13.6. The predicted octanol–water partition coefficient (Wildman–Crippen LogP) is 3.18. The van der Waals surface area contributed by atoms with Gasteiger partial charge in [-0.05, 0) is 36.6 Å². The second kappa shape index (κ2) is 9.12. The van der Waals surface area contributed by atoms with Gasteiger partial charge in [0.2, 0.25) is 0 Å². The van der Waals surface area contributed by atoms with Gasteiger partial charge in [-0.15, -0.1) is 0 Å². The monoisotopic (exact) mass is 385 g/mol. The number of fused-ring (bicyclic) bond motifs is 1. The van der Waals surface area contributed by atoms with Gasteiger partial charge in [-0.2, -0.15) is 0 Å². The zero-order chi connectivity index (χ0) is 19.9. The standard InChI is InChI=1S/C21H23NO6/c1-25-18-10-5-7-15(20(18)26-2)11-12-19(23)27-14-6-13-22-16-8-3-4-9-17(16)28-21(22)24/h3-5,7-10H,6,11-14H2,1-2H3. The van der Waals surface area contributed by atoms with E-state index in [0.717, 1.165) is 11.1 Å². The van der Waals surface area contributed by atoms with Gasteiger partial charge in [-0.3, -0.25) is 9.36 Å². The second-order valence-electron chi connectivity index (χ2n) is 6.21. The van der Waals surface area contributed by atoms with Crippen molar-refractivity contribution in [2.24, 2.45) is 0 Å². The highest BCUT2D eigenvalue weighted by Crippen LogP contribution is 2.31. The van der Waals surface area contributed by atoms with E-state index in [4.69, 9.17) is 18.6 Å². The molecule has 148 valence electrons. The van der Waals surface area contributed by atoms with Gasteiger partial charge >= 0.3 is 11.7 Å². The molecule has 0 amide bonds. The van der Waals surface area contributed by atoms with Gasteiger partial charge in [0.05, 0.1) is 26.3 Å². The van der Waals surface area contributed by atoms with Gasteiger partial charge in [0.25, 0.3) is 0 Å². The average molecular weight is 385 g/mol. The molecule has 28 heavy (non-hydrogen) atoms. The highest BCUT2D eigenvalue weighted by atomic mass is 16.5. The smallest absolute Gasteiger partial charge is 0.419 e. The van der Waals surface area contributed by atoms with Gasteiger partial charge in [-0.25, -0.2) is 4.79 Å². The average Bonchev–Trinajstić information content (AvgIpc) is 3.04. The summed E-state index contributed by atoms with van der Waals surface area (Å²) in [4.78, 5) is 23.9. The molecule has 1 heterocycles. The summed E-state index contributed by atoms with van der Waals surface area (Å²) in [5.41, 5.74) is 2.18. The Morgan fingerprint density at radius 1 is 1.07 bits per heavy atom. The summed E-state index contributed by atoms with van der Waals surface area (Å²) >= 11 is 0. The third kappa shape index (κ3) is 4.36. The first-order valence-electron chi connectivity index (χ1n) is 9.08. The molecule has 3 rings (SSSR count). The van der Waals surface area contributed by atoms with E-state index < -0.39 is 5.76 Å². The highest BCUT2D eigenvalue weighted by molar-refractivity contribution is 5.72. The number of ether oxygens (including phenoxy) is 3. The van der Waals surface area contributed by atoms with Crippen LogP contribution in [0.5, 0.6) is 11.5 Å². The van der Waals surface area contributed by atoms with Crippen LogP contribution in [-0.4, -0.2) is 31.4 Å². The number of carbonyl (C=O) groups is 1. The Bertz CT molecular complexity index is 1000. The lowest BCUT2D eigenvalue weighted by molar-refractivity contribution is -0.143. The van der Waals surface area contributed by atoms with E-state index in [9.17, 15) is 9.59 Å². The maximum Gasteiger partial charge on any atom is 0.419 e. The summed E-state index contributed by atoms with van der Waals surface area (Å²) in [6.07, 6.45) is 1.25. The third-order valence-electron chi connectivity index (χ3n) is 4.45. The molecule has 0 aliphatic rings. The van der Waals surface area contributed by atoms with Crippen molar-refractivity contribution in [3.8, 4) is 11.5 Å². The van der Waals surface area contributed by atoms with Crippen LogP contribution in [0.25, 0.3) is 11.1 Å². The zero-order valence-corrected chi connectivity index (χ0v) is 16.0. The largest absolute Gasteiger partial charge is 0.493 e. The van der Waals surface area contributed by atoms with Gasteiger partial charge in [-0.1, -0.05) is 24.3 Å². The number of nitrogens with zero attached hydrogens (tertiary/aromatic N) is 1. The topological polar surface area (TPSA) is 79.9 Å². The van der Waals surface area contributed by atoms with Gasteiger partial charge < -0.3 is 18.6 Å². The van der Waals surface area contributed by atoms with Crippen molar-refractivity contribution in [1.82, 2.24) is 4.57 Å². The Morgan fingerprint density at radius 3 is 2.68 bits per heavy atom. The number of oxazole rings is 1. The number of hydrogen-bond donors (Lipinski definition) is 0. The molecule has 0 fully saturated rings. The fourth-order valence-corrected chi connectivity index (χ4v) is 3.09. The Kier molecular flexibility index (Phi) is 6.37. The number of benzene rings is 2. The van der Waals surface area contributed by atoms with E-state index in [1.54, 1.807) is 24.9 Å². The van der Waals surface area contributed by atoms with Crippen molar-refractivity contribution in [2.45, 2.75) is 25.8 Å². The lowest BCUT2D eigenvalue weighted by atomic mass is 10.1. The normalized spacial score (nSPS) is 10.8. The number of rotatable bonds is 9. The van der Waals surface area contributed by atoms with E-state index in [0.29, 0.717) is 36.5 Å². The number of aromatic nitrogens is 1. The SMILES string of the molecule is COc1cccc(CCC(=O)OCCCn2c(=O)oc3ccccc32)c1OC. The van der Waals surface area contributed by atoms with E-state index in [-0.39, 0.29) is 19.0 Å². The van der Waals surface area contributed by atoms with E-state index in [1.165, 1.54) is 0 Å². The summed E-state index contributed by atoms with van der Waals surface area (Å²) in [5.74, 6) is 0.557. The highest BCUT2D eigenvalue weighted by Gasteiger charge is 2.12. The minimum absolute atomic E-state index is 0.234. The van der Waals surface area contributed by atoms with Crippen LogP contribution in [0.2, 0.25) is 0 Å². The third-order valence-corrected chi connectivity index (χ3v) is 4.45. The van der Waals surface area contributed by atoms with Crippen LogP contribution >= 0.6 is 0 Å². The summed E-state index contributed by atoms with van der Waals surface area (Å²) in [6.45, 7) is 0.660. The van der Waals surface area contributed by atoms with Crippen LogP contribution < -0.4 is 15.2 Å². The van der Waals surface area contributed by atoms with Crippen LogP contribution in [0.1, 0.15) is 18.4 Å². The summed E-state index contributed by atoms with van der Waals surface area (Å²) in [5, 5.41) is 0.